The van der Waals surface area contributed by atoms with Crippen LogP contribution in [0.25, 0.3) is 0 Å². The van der Waals surface area contributed by atoms with Crippen molar-refractivity contribution in [1.82, 2.24) is 0 Å². The minimum absolute atomic E-state index is 0.0799. The van der Waals surface area contributed by atoms with Crippen molar-refractivity contribution in [2.45, 2.75) is 156 Å². The van der Waals surface area contributed by atoms with E-state index in [1.165, 1.54) is 52.1 Å². The van der Waals surface area contributed by atoms with Gasteiger partial charge in [0.2, 0.25) is 0 Å². The van der Waals surface area contributed by atoms with Crippen LogP contribution in [0.4, 0.5) is 0 Å². The van der Waals surface area contributed by atoms with Crippen molar-refractivity contribution in [3.05, 3.63) is 0 Å². The summed E-state index contributed by atoms with van der Waals surface area (Å²) in [4.78, 5) is 12.1. The molecule has 4 fully saturated rings. The normalized spacial score (nSPS) is 41.5. The van der Waals surface area contributed by atoms with Gasteiger partial charge in [-0.1, -0.05) is 20.8 Å². The minimum Gasteiger partial charge on any atom is -0.469 e. The van der Waals surface area contributed by atoms with Crippen LogP contribution in [-0.4, -0.2) is 56.3 Å². The zero-order valence-corrected chi connectivity index (χ0v) is 32.6. The van der Waals surface area contributed by atoms with Gasteiger partial charge in [0, 0.05) is 18.6 Å². The predicted molar refractivity (Wildman–Crippen MR) is 181 cm³/mol. The van der Waals surface area contributed by atoms with Gasteiger partial charge in [-0.05, 0) is 157 Å². The van der Waals surface area contributed by atoms with Gasteiger partial charge >= 0.3 is 5.97 Å². The van der Waals surface area contributed by atoms with Crippen LogP contribution in [0.3, 0.4) is 0 Å². The Labute approximate surface area is 262 Å². The van der Waals surface area contributed by atoms with Crippen LogP contribution in [0.5, 0.6) is 0 Å². The Morgan fingerprint density at radius 3 is 2.00 bits per heavy atom. The molecule has 0 aromatic heterocycles. The van der Waals surface area contributed by atoms with Gasteiger partial charge < -0.3 is 18.0 Å². The highest BCUT2D eigenvalue weighted by Crippen LogP contribution is 2.69. The van der Waals surface area contributed by atoms with Crippen molar-refractivity contribution >= 4 is 30.9 Å². The quantitative estimate of drug-likeness (QED) is 0.176. The average molecular weight is 639 g/mol. The summed E-state index contributed by atoms with van der Waals surface area (Å²) >= 11 is 0. The number of rotatable bonds is 10. The number of hydrogen-bond donors (Lipinski definition) is 0. The van der Waals surface area contributed by atoms with Crippen molar-refractivity contribution in [2.24, 2.45) is 46.3 Å². The Balaban J connectivity index is 1.72. The van der Waals surface area contributed by atoms with Crippen molar-refractivity contribution in [3.63, 3.8) is 0 Å². The summed E-state index contributed by atoms with van der Waals surface area (Å²) in [5, 5.41) is 0. The molecule has 0 unspecified atom stereocenters. The van der Waals surface area contributed by atoms with E-state index >= 15 is 0 Å². The maximum absolute atomic E-state index is 12.1. The van der Waals surface area contributed by atoms with Crippen molar-refractivity contribution in [2.75, 3.05) is 7.11 Å². The number of fused-ring (bicyclic) bond motifs is 5. The number of methoxy groups -OCH3 is 1. The zero-order chi connectivity index (χ0) is 31.5. The van der Waals surface area contributed by atoms with E-state index in [4.69, 9.17) is 18.0 Å². The highest BCUT2D eigenvalue weighted by Gasteiger charge is 2.67. The van der Waals surface area contributed by atoms with Gasteiger partial charge in [0.25, 0.3) is 0 Å². The van der Waals surface area contributed by atoms with Crippen molar-refractivity contribution < 1.29 is 22.8 Å². The molecule has 4 rings (SSSR count). The number of esters is 1. The van der Waals surface area contributed by atoms with Gasteiger partial charge in [0.15, 0.2) is 25.0 Å². The molecule has 0 aromatic carbocycles. The van der Waals surface area contributed by atoms with Gasteiger partial charge in [-0.15, -0.1) is 0 Å². The van der Waals surface area contributed by atoms with Crippen molar-refractivity contribution in [1.29, 1.82) is 0 Å². The summed E-state index contributed by atoms with van der Waals surface area (Å²) in [6, 6.07) is 0. The summed E-state index contributed by atoms with van der Waals surface area (Å²) in [5.41, 5.74) is 0.430. The van der Waals surface area contributed by atoms with Gasteiger partial charge in [-0.2, -0.15) is 0 Å². The summed E-state index contributed by atoms with van der Waals surface area (Å²) < 4.78 is 26.4. The molecular weight excluding hydrogens is 573 g/mol. The second-order valence-electron chi connectivity index (χ2n) is 18.2. The molecular formula is C34H66O5Si3. The van der Waals surface area contributed by atoms with Crippen LogP contribution in [0.1, 0.15) is 78.6 Å². The molecule has 11 atom stereocenters. The number of carbonyl (C=O) groups is 1. The fourth-order valence-electron chi connectivity index (χ4n) is 10.5. The molecule has 5 nitrogen and oxygen atoms in total. The largest absolute Gasteiger partial charge is 0.469 e. The lowest BCUT2D eigenvalue weighted by Crippen LogP contribution is -2.64. The van der Waals surface area contributed by atoms with E-state index in [9.17, 15) is 4.79 Å². The smallest absolute Gasteiger partial charge is 0.305 e. The first kappa shape index (κ1) is 34.9. The van der Waals surface area contributed by atoms with E-state index in [1.54, 1.807) is 0 Å². The Hall–Kier alpha value is 0.000649. The molecule has 0 aromatic rings. The predicted octanol–water partition coefficient (Wildman–Crippen LogP) is 9.11. The summed E-state index contributed by atoms with van der Waals surface area (Å²) in [6.45, 7) is 29.0. The van der Waals surface area contributed by atoms with Crippen LogP contribution >= 0.6 is 0 Å². The average Bonchev–Trinajstić information content (AvgIpc) is 3.19. The van der Waals surface area contributed by atoms with Crippen molar-refractivity contribution in [3.8, 4) is 0 Å². The van der Waals surface area contributed by atoms with E-state index in [0.29, 0.717) is 59.6 Å². The molecule has 0 radical (unpaired) electrons. The summed E-state index contributed by atoms with van der Waals surface area (Å²) in [6.07, 6.45) is 11.0. The lowest BCUT2D eigenvalue weighted by molar-refractivity contribution is -0.199. The van der Waals surface area contributed by atoms with E-state index in [2.05, 4.69) is 79.7 Å². The second-order valence-corrected chi connectivity index (χ2v) is 31.6. The highest BCUT2D eigenvalue weighted by atomic mass is 28.4. The van der Waals surface area contributed by atoms with Gasteiger partial charge in [-0.3, -0.25) is 4.79 Å². The first-order valence-electron chi connectivity index (χ1n) is 17.3. The second kappa shape index (κ2) is 12.3. The fraction of sp³-hybridized carbons (Fsp3) is 0.971. The minimum atomic E-state index is -1.79. The Morgan fingerprint density at radius 2 is 1.43 bits per heavy atom. The number of ether oxygens (including phenoxy) is 1. The topological polar surface area (TPSA) is 54.0 Å². The van der Waals surface area contributed by atoms with Crippen LogP contribution in [0.15, 0.2) is 0 Å². The Kier molecular flexibility index (Phi) is 10.2. The van der Waals surface area contributed by atoms with E-state index in [1.807, 2.05) is 0 Å². The van der Waals surface area contributed by atoms with E-state index < -0.39 is 25.0 Å². The van der Waals surface area contributed by atoms with Crippen LogP contribution < -0.4 is 0 Å². The standard InChI is InChI=1S/C34H66O5Si3/c1-23(14-17-31(35)36-4)26-15-16-27-32-28(22-30(34(26,27)3)39-42(11,12)13)33(2)19-18-25(37-40(5,6)7)20-24(33)21-29(32)38-41(8,9)10/h23-30,32H,14-22H2,1-13H3/t23-,24-,25-,26-,27+,28+,29-,30-,32+,33+,34-/m1/s1. The number of hydrogen-bond acceptors (Lipinski definition) is 5. The molecule has 4 saturated carbocycles. The molecule has 8 heteroatoms. The van der Waals surface area contributed by atoms with Crippen LogP contribution in [-0.2, 0) is 22.8 Å². The van der Waals surface area contributed by atoms with Gasteiger partial charge in [-0.25, -0.2) is 0 Å². The first-order chi connectivity index (χ1) is 19.2. The lowest BCUT2D eigenvalue weighted by atomic mass is 9.43. The zero-order valence-electron chi connectivity index (χ0n) is 29.6. The summed E-state index contributed by atoms with van der Waals surface area (Å²) in [5.74, 6) is 3.45. The molecule has 0 spiro atoms. The van der Waals surface area contributed by atoms with Crippen LogP contribution in [0.2, 0.25) is 58.9 Å². The molecule has 0 saturated heterocycles. The molecule has 0 amide bonds. The molecule has 0 N–H and O–H groups in total. The third-order valence-corrected chi connectivity index (χ3v) is 15.0. The molecule has 4 aliphatic rings. The molecule has 0 heterocycles. The lowest BCUT2D eigenvalue weighted by Gasteiger charge is -2.66. The monoisotopic (exact) mass is 638 g/mol. The maximum atomic E-state index is 12.1. The van der Waals surface area contributed by atoms with Gasteiger partial charge in [0.1, 0.15) is 0 Å². The maximum Gasteiger partial charge on any atom is 0.305 e. The fourth-order valence-corrected chi connectivity index (χ4v) is 14.1. The summed E-state index contributed by atoms with van der Waals surface area (Å²) in [7, 11) is -3.61. The third kappa shape index (κ3) is 7.35. The van der Waals surface area contributed by atoms with Gasteiger partial charge in [0.05, 0.1) is 13.2 Å². The molecule has 0 bridgehead atoms. The Morgan fingerprint density at radius 1 is 0.810 bits per heavy atom. The SMILES string of the molecule is COC(=O)CC[C@@H](C)[C@H]1CC[C@H]2[C@@H]3[C@H](O[Si](C)(C)C)C[C@H]4C[C@H](O[Si](C)(C)C)CC[C@]4(C)[C@H]3C[C@@H](O[Si](C)(C)C)[C@]12C. The third-order valence-electron chi connectivity index (χ3n) is 12.0. The highest BCUT2D eigenvalue weighted by molar-refractivity contribution is 6.70. The first-order valence-corrected chi connectivity index (χ1v) is 27.5. The molecule has 42 heavy (non-hydrogen) atoms. The number of carbonyl (C=O) groups excluding carboxylic acids is 1. The Bertz CT molecular complexity index is 954. The van der Waals surface area contributed by atoms with E-state index in [-0.39, 0.29) is 17.5 Å². The molecule has 244 valence electrons. The molecule has 4 aliphatic carbocycles. The van der Waals surface area contributed by atoms with Crippen LogP contribution in [0, 0.1) is 46.3 Å². The van der Waals surface area contributed by atoms with E-state index in [0.717, 1.165) is 6.42 Å². The molecule has 0 aliphatic heterocycles.